The molecule has 0 radical (unpaired) electrons. The maximum absolute atomic E-state index is 12.3. The number of ether oxygens (including phenoxy) is 1. The maximum atomic E-state index is 12.3. The summed E-state index contributed by atoms with van der Waals surface area (Å²) in [6, 6.07) is 8.34. The van der Waals surface area contributed by atoms with Crippen LogP contribution in [0, 0.1) is 13.8 Å². The van der Waals surface area contributed by atoms with Crippen molar-refractivity contribution < 1.29 is 9.53 Å². The number of hydrogen-bond donors (Lipinski definition) is 1. The topological polar surface area (TPSA) is 57.2 Å². The van der Waals surface area contributed by atoms with Crippen LogP contribution >= 0.6 is 0 Å². The van der Waals surface area contributed by atoms with E-state index in [0.29, 0.717) is 11.6 Å². The van der Waals surface area contributed by atoms with Crippen LogP contribution in [0.3, 0.4) is 0 Å². The molecule has 1 fully saturated rings. The Morgan fingerprint density at radius 2 is 1.58 bits per heavy atom. The molecular weight excluding hydrogens is 324 g/mol. The molecule has 140 valence electrons. The van der Waals surface area contributed by atoms with Gasteiger partial charge >= 0.3 is 0 Å². The van der Waals surface area contributed by atoms with Crippen LogP contribution in [0.25, 0.3) is 11.1 Å². The third kappa shape index (κ3) is 3.50. The number of primary amides is 1. The van der Waals surface area contributed by atoms with Gasteiger partial charge in [-0.1, -0.05) is 44.2 Å². The molecule has 1 saturated carbocycles. The minimum atomic E-state index is -0.346. The lowest BCUT2D eigenvalue weighted by Crippen LogP contribution is -2.16. The number of aromatic nitrogens is 1. The quantitative estimate of drug-likeness (QED) is 0.824. The molecule has 2 N–H and O–H groups in total. The Balaban J connectivity index is 2.10. The number of amides is 1. The van der Waals surface area contributed by atoms with Gasteiger partial charge < -0.3 is 15.0 Å². The van der Waals surface area contributed by atoms with E-state index in [1.165, 1.54) is 44.9 Å². The first-order valence-electron chi connectivity index (χ1n) is 9.70. The molecule has 2 aromatic rings. The number of nitrogens with zero attached hydrogens (tertiary/aromatic N) is 1. The second kappa shape index (κ2) is 7.98. The summed E-state index contributed by atoms with van der Waals surface area (Å²) >= 11 is 0. The van der Waals surface area contributed by atoms with Crippen molar-refractivity contribution in [3.05, 3.63) is 41.2 Å². The molecule has 1 aromatic carbocycles. The van der Waals surface area contributed by atoms with Crippen molar-refractivity contribution in [2.45, 2.75) is 64.8 Å². The predicted molar refractivity (Wildman–Crippen MR) is 106 cm³/mol. The standard InChI is InChI=1S/C22H30N2O2/c1-15-20(17-11-13-19(26-3)14-12-17)21(22(23)25)16(2)24(15)18-9-7-5-4-6-8-10-18/h11-14,18H,4-10H2,1-3H3,(H2,23,25). The van der Waals surface area contributed by atoms with Crippen LogP contribution in [0.1, 0.15) is 72.7 Å². The monoisotopic (exact) mass is 354 g/mol. The first-order chi connectivity index (χ1) is 12.5. The minimum absolute atomic E-state index is 0.346. The summed E-state index contributed by atoms with van der Waals surface area (Å²) in [5, 5.41) is 0. The zero-order chi connectivity index (χ0) is 18.7. The van der Waals surface area contributed by atoms with E-state index >= 15 is 0 Å². The summed E-state index contributed by atoms with van der Waals surface area (Å²) < 4.78 is 7.65. The van der Waals surface area contributed by atoms with Crippen LogP contribution in [0.5, 0.6) is 5.75 Å². The maximum Gasteiger partial charge on any atom is 0.251 e. The van der Waals surface area contributed by atoms with Gasteiger partial charge in [0.1, 0.15) is 5.75 Å². The van der Waals surface area contributed by atoms with Gasteiger partial charge in [-0.2, -0.15) is 0 Å². The number of methoxy groups -OCH3 is 1. The molecule has 0 atom stereocenters. The lowest BCUT2D eigenvalue weighted by atomic mass is 9.96. The van der Waals surface area contributed by atoms with E-state index < -0.39 is 0 Å². The fourth-order valence-electron chi connectivity index (χ4n) is 4.51. The van der Waals surface area contributed by atoms with Crippen molar-refractivity contribution in [3.63, 3.8) is 0 Å². The molecule has 4 nitrogen and oxygen atoms in total. The highest BCUT2D eigenvalue weighted by Gasteiger charge is 2.26. The summed E-state index contributed by atoms with van der Waals surface area (Å²) in [7, 11) is 1.66. The molecule has 1 amide bonds. The molecule has 0 saturated heterocycles. The number of benzene rings is 1. The molecule has 26 heavy (non-hydrogen) atoms. The molecular formula is C22H30N2O2. The summed E-state index contributed by atoms with van der Waals surface area (Å²) in [6.45, 7) is 4.16. The third-order valence-corrected chi connectivity index (χ3v) is 5.76. The van der Waals surface area contributed by atoms with E-state index in [-0.39, 0.29) is 5.91 Å². The smallest absolute Gasteiger partial charge is 0.251 e. The molecule has 1 aromatic heterocycles. The molecule has 0 bridgehead atoms. The van der Waals surface area contributed by atoms with E-state index in [2.05, 4.69) is 11.5 Å². The fourth-order valence-corrected chi connectivity index (χ4v) is 4.51. The van der Waals surface area contributed by atoms with Crippen LogP contribution in [-0.4, -0.2) is 17.6 Å². The zero-order valence-electron chi connectivity index (χ0n) is 16.2. The van der Waals surface area contributed by atoms with Crippen molar-refractivity contribution in [2.75, 3.05) is 7.11 Å². The average molecular weight is 354 g/mol. The zero-order valence-corrected chi connectivity index (χ0v) is 16.2. The van der Waals surface area contributed by atoms with Crippen LogP contribution < -0.4 is 10.5 Å². The first kappa shape index (κ1) is 18.6. The van der Waals surface area contributed by atoms with E-state index in [9.17, 15) is 4.79 Å². The highest BCUT2D eigenvalue weighted by atomic mass is 16.5. The Bertz CT molecular complexity index is 766. The lowest BCUT2D eigenvalue weighted by molar-refractivity contribution is 0.1000. The minimum Gasteiger partial charge on any atom is -0.497 e. The number of nitrogens with two attached hydrogens (primary N) is 1. The van der Waals surface area contributed by atoms with Gasteiger partial charge in [0.05, 0.1) is 12.7 Å². The molecule has 0 spiro atoms. The Morgan fingerprint density at radius 3 is 2.12 bits per heavy atom. The van der Waals surface area contributed by atoms with Gasteiger partial charge in [0.2, 0.25) is 0 Å². The van der Waals surface area contributed by atoms with Gasteiger partial charge in [-0.3, -0.25) is 4.79 Å². The fraction of sp³-hybridized carbons (Fsp3) is 0.500. The highest BCUT2D eigenvalue weighted by molar-refractivity contribution is 6.02. The normalized spacial score (nSPS) is 16.1. The molecule has 1 heterocycles. The van der Waals surface area contributed by atoms with Crippen molar-refractivity contribution >= 4 is 5.91 Å². The first-order valence-corrected chi connectivity index (χ1v) is 9.70. The predicted octanol–water partition coefficient (Wildman–Crippen LogP) is 5.16. The van der Waals surface area contributed by atoms with Crippen LogP contribution in [0.15, 0.2) is 24.3 Å². The molecule has 1 aliphatic carbocycles. The third-order valence-electron chi connectivity index (χ3n) is 5.76. The average Bonchev–Trinajstić information content (AvgIpc) is 2.86. The Morgan fingerprint density at radius 1 is 1.00 bits per heavy atom. The summed E-state index contributed by atoms with van der Waals surface area (Å²) in [4.78, 5) is 12.3. The van der Waals surface area contributed by atoms with Crippen LogP contribution in [0.2, 0.25) is 0 Å². The summed E-state index contributed by atoms with van der Waals surface area (Å²) in [5.74, 6) is 0.462. The Hall–Kier alpha value is -2.23. The summed E-state index contributed by atoms with van der Waals surface area (Å²) in [5.41, 5.74) is 10.6. The van der Waals surface area contributed by atoms with Gasteiger partial charge in [0.15, 0.2) is 0 Å². The highest BCUT2D eigenvalue weighted by Crippen LogP contribution is 2.38. The van der Waals surface area contributed by atoms with E-state index in [4.69, 9.17) is 10.5 Å². The molecule has 4 heteroatoms. The summed E-state index contributed by atoms with van der Waals surface area (Å²) in [6.07, 6.45) is 8.83. The van der Waals surface area contributed by atoms with Gasteiger partial charge in [0, 0.05) is 23.0 Å². The largest absolute Gasteiger partial charge is 0.497 e. The molecule has 0 aliphatic heterocycles. The van der Waals surface area contributed by atoms with Crippen molar-refractivity contribution in [2.24, 2.45) is 5.73 Å². The van der Waals surface area contributed by atoms with E-state index in [1.54, 1.807) is 7.11 Å². The number of carbonyl (C=O) groups is 1. The van der Waals surface area contributed by atoms with Crippen LogP contribution in [-0.2, 0) is 0 Å². The van der Waals surface area contributed by atoms with Gasteiger partial charge in [-0.25, -0.2) is 0 Å². The Kier molecular flexibility index (Phi) is 5.70. The lowest BCUT2D eigenvalue weighted by Gasteiger charge is -2.25. The van der Waals surface area contributed by atoms with Crippen molar-refractivity contribution in [3.8, 4) is 16.9 Å². The van der Waals surface area contributed by atoms with E-state index in [1.807, 2.05) is 31.2 Å². The molecule has 3 rings (SSSR count). The van der Waals surface area contributed by atoms with Gasteiger partial charge in [0.25, 0.3) is 5.91 Å². The molecule has 0 unspecified atom stereocenters. The number of rotatable bonds is 4. The second-order valence-corrected chi connectivity index (χ2v) is 7.38. The number of carbonyl (C=O) groups excluding carboxylic acids is 1. The number of hydrogen-bond acceptors (Lipinski definition) is 2. The SMILES string of the molecule is COc1ccc(-c2c(C(N)=O)c(C)n(C3CCCCCCC3)c2C)cc1. The Labute approximate surface area is 156 Å². The molecule has 1 aliphatic rings. The van der Waals surface area contributed by atoms with Crippen molar-refractivity contribution in [1.29, 1.82) is 0 Å². The van der Waals surface area contributed by atoms with Crippen molar-refractivity contribution in [1.82, 2.24) is 4.57 Å². The van der Waals surface area contributed by atoms with Crippen LogP contribution in [0.4, 0.5) is 0 Å². The van der Waals surface area contributed by atoms with Gasteiger partial charge in [-0.05, 0) is 44.4 Å². The second-order valence-electron chi connectivity index (χ2n) is 7.38. The van der Waals surface area contributed by atoms with E-state index in [0.717, 1.165) is 28.3 Å². The van der Waals surface area contributed by atoms with Gasteiger partial charge in [-0.15, -0.1) is 0 Å².